The Morgan fingerprint density at radius 2 is 1.88 bits per heavy atom. The Bertz CT molecular complexity index is 1410. The molecule has 0 saturated heterocycles. The zero-order valence-electron chi connectivity index (χ0n) is 17.2. The molecule has 0 fully saturated rings. The number of H-pyrrole nitrogens is 2. The van der Waals surface area contributed by atoms with Gasteiger partial charge in [-0.2, -0.15) is 0 Å². The topological polar surface area (TPSA) is 129 Å². The van der Waals surface area contributed by atoms with Crippen molar-refractivity contribution in [3.63, 3.8) is 0 Å². The fourth-order valence-electron chi connectivity index (χ4n) is 3.68. The van der Waals surface area contributed by atoms with Crippen molar-refractivity contribution < 1.29 is 14.6 Å². The SMILES string of the molecule is COc1cccc(C(CO)NC(=O)c2nc3cc4[nH][nH]c(-c5ccncc5)c4cc3n2)c1. The van der Waals surface area contributed by atoms with Gasteiger partial charge in [-0.3, -0.25) is 14.9 Å². The Morgan fingerprint density at radius 3 is 2.62 bits per heavy atom. The van der Waals surface area contributed by atoms with Crippen LogP contribution in [0.4, 0.5) is 0 Å². The van der Waals surface area contributed by atoms with Crippen LogP contribution in [-0.2, 0) is 0 Å². The Balaban J connectivity index is 1.45. The maximum atomic E-state index is 12.8. The molecule has 9 heteroatoms. The van der Waals surface area contributed by atoms with E-state index in [2.05, 4.69) is 30.5 Å². The van der Waals surface area contributed by atoms with E-state index in [0.717, 1.165) is 27.7 Å². The second kappa shape index (κ2) is 8.12. The molecule has 0 saturated carbocycles. The number of ether oxygens (including phenoxy) is 1. The van der Waals surface area contributed by atoms with Gasteiger partial charge in [0.25, 0.3) is 5.91 Å². The van der Waals surface area contributed by atoms with Crippen molar-refractivity contribution in [2.75, 3.05) is 13.7 Å². The van der Waals surface area contributed by atoms with E-state index < -0.39 is 11.9 Å². The molecule has 160 valence electrons. The zero-order valence-corrected chi connectivity index (χ0v) is 17.2. The molecule has 0 spiro atoms. The molecule has 0 radical (unpaired) electrons. The van der Waals surface area contributed by atoms with Gasteiger partial charge in [-0.05, 0) is 42.0 Å². The highest BCUT2D eigenvalue weighted by Gasteiger charge is 2.20. The van der Waals surface area contributed by atoms with Gasteiger partial charge in [-0.1, -0.05) is 12.1 Å². The molecule has 0 aliphatic carbocycles. The minimum Gasteiger partial charge on any atom is -0.497 e. The lowest BCUT2D eigenvalue weighted by Crippen LogP contribution is -2.31. The number of pyridine rings is 1. The number of aliphatic hydroxyl groups is 1. The minimum atomic E-state index is -0.610. The van der Waals surface area contributed by atoms with Crippen molar-refractivity contribution in [1.29, 1.82) is 0 Å². The third kappa shape index (κ3) is 3.54. The maximum absolute atomic E-state index is 12.8. The summed E-state index contributed by atoms with van der Waals surface area (Å²) in [4.78, 5) is 25.7. The van der Waals surface area contributed by atoms with Crippen LogP contribution < -0.4 is 10.1 Å². The molecule has 0 aliphatic rings. The van der Waals surface area contributed by atoms with Gasteiger partial charge < -0.3 is 20.3 Å². The van der Waals surface area contributed by atoms with E-state index in [1.165, 1.54) is 0 Å². The number of nitrogens with one attached hydrogen (secondary N) is 3. The van der Waals surface area contributed by atoms with Gasteiger partial charge in [-0.25, -0.2) is 9.97 Å². The summed E-state index contributed by atoms with van der Waals surface area (Å²) in [5.74, 6) is 0.221. The summed E-state index contributed by atoms with van der Waals surface area (Å²) >= 11 is 0. The molecule has 5 aromatic rings. The summed E-state index contributed by atoms with van der Waals surface area (Å²) in [5.41, 5.74) is 4.65. The van der Waals surface area contributed by atoms with E-state index in [4.69, 9.17) is 4.74 Å². The number of carbonyl (C=O) groups excluding carboxylic acids is 1. The Hall–Kier alpha value is -4.24. The van der Waals surface area contributed by atoms with Crippen LogP contribution in [0.25, 0.3) is 33.2 Å². The van der Waals surface area contributed by atoms with Crippen LogP contribution in [0.3, 0.4) is 0 Å². The molecule has 3 aromatic heterocycles. The predicted octanol–water partition coefficient (Wildman–Crippen LogP) is 2.97. The van der Waals surface area contributed by atoms with Gasteiger partial charge in [0, 0.05) is 23.3 Å². The van der Waals surface area contributed by atoms with Gasteiger partial charge in [0.15, 0.2) is 0 Å². The van der Waals surface area contributed by atoms with Crippen molar-refractivity contribution in [2.45, 2.75) is 6.04 Å². The summed E-state index contributed by atoms with van der Waals surface area (Å²) in [6.45, 7) is -0.271. The number of amides is 1. The predicted molar refractivity (Wildman–Crippen MR) is 119 cm³/mol. The van der Waals surface area contributed by atoms with Gasteiger partial charge >= 0.3 is 0 Å². The minimum absolute atomic E-state index is 0.0449. The molecule has 9 nitrogen and oxygen atoms in total. The zero-order chi connectivity index (χ0) is 22.1. The molecule has 1 atom stereocenters. The number of hydrogen-bond acceptors (Lipinski definition) is 6. The van der Waals surface area contributed by atoms with E-state index in [1.54, 1.807) is 37.7 Å². The number of benzene rings is 2. The molecule has 5 rings (SSSR count). The number of hydrogen-bond donors (Lipinski definition) is 4. The molecule has 1 amide bonds. The number of imidazole rings is 1. The summed E-state index contributed by atoms with van der Waals surface area (Å²) < 4.78 is 5.22. The highest BCUT2D eigenvalue weighted by Crippen LogP contribution is 2.29. The monoisotopic (exact) mass is 428 g/mol. The lowest BCUT2D eigenvalue weighted by atomic mass is 10.1. The smallest absolute Gasteiger partial charge is 0.289 e. The van der Waals surface area contributed by atoms with E-state index in [0.29, 0.717) is 16.8 Å². The summed E-state index contributed by atoms with van der Waals surface area (Å²) in [7, 11) is 1.56. The normalized spacial score (nSPS) is 12.2. The van der Waals surface area contributed by atoms with Gasteiger partial charge in [0.2, 0.25) is 5.82 Å². The van der Waals surface area contributed by atoms with Gasteiger partial charge in [0.05, 0.1) is 42.0 Å². The molecule has 32 heavy (non-hydrogen) atoms. The largest absolute Gasteiger partial charge is 0.497 e. The number of aromatic amines is 2. The van der Waals surface area contributed by atoms with Crippen LogP contribution in [0.2, 0.25) is 0 Å². The van der Waals surface area contributed by atoms with Crippen molar-refractivity contribution in [1.82, 2.24) is 30.5 Å². The second-order valence-electron chi connectivity index (χ2n) is 7.28. The highest BCUT2D eigenvalue weighted by atomic mass is 16.5. The quantitative estimate of drug-likeness (QED) is 0.329. The summed E-state index contributed by atoms with van der Waals surface area (Å²) in [6, 6.07) is 14.1. The third-order valence-corrected chi connectivity index (χ3v) is 5.32. The van der Waals surface area contributed by atoms with Crippen molar-refractivity contribution >= 4 is 27.8 Å². The summed E-state index contributed by atoms with van der Waals surface area (Å²) in [5, 5.41) is 19.8. The molecular formula is C23H20N6O3. The van der Waals surface area contributed by atoms with Crippen molar-refractivity contribution in [3.8, 4) is 17.0 Å². The average Bonchev–Trinajstić information content (AvgIpc) is 3.45. The molecular weight excluding hydrogens is 408 g/mol. The van der Waals surface area contributed by atoms with Gasteiger partial charge in [-0.15, -0.1) is 0 Å². The van der Waals surface area contributed by atoms with Crippen molar-refractivity contribution in [3.05, 3.63) is 72.3 Å². The molecule has 1 unspecified atom stereocenters. The van der Waals surface area contributed by atoms with Gasteiger partial charge in [0.1, 0.15) is 5.75 Å². The van der Waals surface area contributed by atoms with E-state index in [1.807, 2.05) is 30.3 Å². The molecule has 0 bridgehead atoms. The number of carbonyl (C=O) groups is 1. The molecule has 2 aromatic carbocycles. The van der Waals surface area contributed by atoms with Crippen LogP contribution in [-0.4, -0.2) is 49.9 Å². The summed E-state index contributed by atoms with van der Waals surface area (Å²) in [6.07, 6.45) is 3.45. The first kappa shape index (κ1) is 19.7. The number of aromatic nitrogens is 5. The maximum Gasteiger partial charge on any atom is 0.289 e. The van der Waals surface area contributed by atoms with E-state index in [-0.39, 0.29) is 12.4 Å². The van der Waals surface area contributed by atoms with E-state index >= 15 is 0 Å². The Labute approximate surface area is 182 Å². The second-order valence-corrected chi connectivity index (χ2v) is 7.28. The fraction of sp³-hybridized carbons (Fsp3) is 0.130. The fourth-order valence-corrected chi connectivity index (χ4v) is 3.68. The number of methoxy groups -OCH3 is 1. The first-order valence-electron chi connectivity index (χ1n) is 10.00. The van der Waals surface area contributed by atoms with E-state index in [9.17, 15) is 9.90 Å². The Morgan fingerprint density at radius 1 is 1.09 bits per heavy atom. The lowest BCUT2D eigenvalue weighted by molar-refractivity contribution is 0.0907. The van der Waals surface area contributed by atoms with Crippen molar-refractivity contribution in [2.24, 2.45) is 0 Å². The lowest BCUT2D eigenvalue weighted by Gasteiger charge is -2.16. The Kier molecular flexibility index (Phi) is 5.00. The third-order valence-electron chi connectivity index (χ3n) is 5.32. The van der Waals surface area contributed by atoms with Crippen LogP contribution in [0.1, 0.15) is 22.2 Å². The first-order chi connectivity index (χ1) is 15.7. The first-order valence-corrected chi connectivity index (χ1v) is 10.00. The number of nitrogens with zero attached hydrogens (tertiary/aromatic N) is 3. The number of aliphatic hydroxyl groups excluding tert-OH is 1. The molecule has 4 N–H and O–H groups in total. The molecule has 0 aliphatic heterocycles. The number of rotatable bonds is 6. The average molecular weight is 428 g/mol. The highest BCUT2D eigenvalue weighted by molar-refractivity contribution is 6.02. The number of fused-ring (bicyclic) bond motifs is 2. The molecule has 3 heterocycles. The van der Waals surface area contributed by atoms with Crippen LogP contribution in [0.5, 0.6) is 5.75 Å². The van der Waals surface area contributed by atoms with Crippen LogP contribution in [0.15, 0.2) is 60.9 Å². The standard InChI is InChI=1S/C23H20N6O3/c1-32-15-4-2-3-14(9-15)20(12-30)27-23(31)22-25-18-10-16-17(11-19(18)26-22)28-29-21(16)13-5-7-24-8-6-13/h2-11,20,28-30H,12H2,1H3,(H,27,31). The van der Waals surface area contributed by atoms with Crippen LogP contribution in [0, 0.1) is 0 Å². The van der Waals surface area contributed by atoms with Crippen LogP contribution >= 0.6 is 0 Å².